The van der Waals surface area contributed by atoms with Gasteiger partial charge in [-0.25, -0.2) is 4.79 Å². The number of esters is 2. The van der Waals surface area contributed by atoms with E-state index in [1.165, 1.54) is 0 Å². The maximum Gasteiger partial charge on any atom is 0.330 e. The molecule has 0 aromatic heterocycles. The van der Waals surface area contributed by atoms with Crippen molar-refractivity contribution >= 4 is 17.9 Å². The Labute approximate surface area is 162 Å². The minimum absolute atomic E-state index is 0.0894. The van der Waals surface area contributed by atoms with Crippen molar-refractivity contribution in [3.05, 3.63) is 24.3 Å². The van der Waals surface area contributed by atoms with Gasteiger partial charge in [-0.3, -0.25) is 9.59 Å². The maximum absolute atomic E-state index is 11.9. The number of hydrogen-bond acceptors (Lipinski definition) is 5. The van der Waals surface area contributed by atoms with Gasteiger partial charge in [0.2, 0.25) is 0 Å². The van der Waals surface area contributed by atoms with Crippen LogP contribution in [-0.4, -0.2) is 36.2 Å². The van der Waals surface area contributed by atoms with Crippen LogP contribution < -0.4 is 0 Å². The van der Waals surface area contributed by atoms with Gasteiger partial charge in [0, 0.05) is 6.08 Å². The topological polar surface area (TPSA) is 89.9 Å². The average molecular weight is 382 g/mol. The Hall–Kier alpha value is -2.11. The van der Waals surface area contributed by atoms with Gasteiger partial charge in [0.05, 0.1) is 12.3 Å². The quantitative estimate of drug-likeness (QED) is 0.224. The highest BCUT2D eigenvalue weighted by Gasteiger charge is 2.24. The Morgan fingerprint density at radius 2 is 1.63 bits per heavy atom. The van der Waals surface area contributed by atoms with Crippen LogP contribution in [0.15, 0.2) is 24.3 Å². The highest BCUT2D eigenvalue weighted by molar-refractivity contribution is 5.81. The van der Waals surface area contributed by atoms with Gasteiger partial charge >= 0.3 is 17.9 Å². The fraction of sp³-hybridized carbons (Fsp3) is 0.667. The molecule has 0 saturated heterocycles. The van der Waals surface area contributed by atoms with Crippen LogP contribution >= 0.6 is 0 Å². The lowest BCUT2D eigenvalue weighted by Gasteiger charge is -2.19. The number of carboxylic acids is 1. The first-order chi connectivity index (χ1) is 12.6. The molecule has 0 aliphatic heterocycles. The summed E-state index contributed by atoms with van der Waals surface area (Å²) in [5.74, 6) is -1.80. The second-order valence-electron chi connectivity index (χ2n) is 7.55. The van der Waals surface area contributed by atoms with Gasteiger partial charge in [-0.1, -0.05) is 45.9 Å². The molecule has 0 heterocycles. The van der Waals surface area contributed by atoms with E-state index in [1.54, 1.807) is 6.92 Å². The third-order valence-electron chi connectivity index (χ3n) is 4.17. The Balaban J connectivity index is 4.62. The Kier molecular flexibility index (Phi) is 12.1. The fourth-order valence-corrected chi connectivity index (χ4v) is 3.19. The first-order valence-corrected chi connectivity index (χ1v) is 9.42. The van der Waals surface area contributed by atoms with E-state index in [9.17, 15) is 19.5 Å². The van der Waals surface area contributed by atoms with Crippen molar-refractivity contribution < 1.29 is 29.0 Å². The van der Waals surface area contributed by atoms with Crippen LogP contribution in [0.2, 0.25) is 0 Å². The number of carboxylic acid groups (broad SMARTS) is 1. The van der Waals surface area contributed by atoms with Crippen molar-refractivity contribution in [3.63, 3.8) is 0 Å². The monoisotopic (exact) mass is 382 g/mol. The van der Waals surface area contributed by atoms with Crippen LogP contribution in [0, 0.1) is 23.7 Å². The van der Waals surface area contributed by atoms with Gasteiger partial charge in [0.1, 0.15) is 13.2 Å². The number of rotatable bonds is 13. The number of allylic oxidation sites excluding steroid dienone is 1. The molecule has 0 rings (SSSR count). The van der Waals surface area contributed by atoms with Crippen LogP contribution in [0.1, 0.15) is 53.9 Å². The van der Waals surface area contributed by atoms with Crippen molar-refractivity contribution in [2.75, 3.05) is 13.2 Å². The largest absolute Gasteiger partial charge is 0.481 e. The number of carbonyl (C=O) groups excluding carboxylic acids is 2. The molecule has 0 aliphatic rings. The molecule has 0 aromatic rings. The Bertz CT molecular complexity index is 535. The van der Waals surface area contributed by atoms with Crippen LogP contribution in [0.3, 0.4) is 0 Å². The van der Waals surface area contributed by atoms with E-state index in [-0.39, 0.29) is 25.6 Å². The lowest BCUT2D eigenvalue weighted by molar-refractivity contribution is -0.153. The van der Waals surface area contributed by atoms with Gasteiger partial charge in [-0.15, -0.1) is 0 Å². The third-order valence-corrected chi connectivity index (χ3v) is 4.17. The number of hydrogen-bond donors (Lipinski definition) is 1. The van der Waals surface area contributed by atoms with Crippen molar-refractivity contribution in [2.45, 2.75) is 53.9 Å². The van der Waals surface area contributed by atoms with Crippen LogP contribution in [0.4, 0.5) is 0 Å². The van der Waals surface area contributed by atoms with E-state index < -0.39 is 23.8 Å². The number of ether oxygens (including phenoxy) is 2. The molecule has 154 valence electrons. The molecular formula is C21H34O6. The summed E-state index contributed by atoms with van der Waals surface area (Å²) in [5.41, 5.74) is 0.654. The van der Waals surface area contributed by atoms with Crippen LogP contribution in [-0.2, 0) is 23.9 Å². The SMILES string of the molecule is C=CC(=O)OCCOC(=O)CC(C(=O)O)/C(C)=C/C(C)CC(C)CC(C)C. The molecule has 3 atom stereocenters. The van der Waals surface area contributed by atoms with Crippen molar-refractivity contribution in [1.82, 2.24) is 0 Å². The van der Waals surface area contributed by atoms with Gasteiger partial charge in [-0.05, 0) is 37.5 Å². The van der Waals surface area contributed by atoms with E-state index in [4.69, 9.17) is 9.47 Å². The molecule has 0 radical (unpaired) electrons. The molecule has 0 bridgehead atoms. The predicted octanol–water partition coefficient (Wildman–Crippen LogP) is 4.00. The zero-order valence-electron chi connectivity index (χ0n) is 17.2. The Morgan fingerprint density at radius 1 is 1.04 bits per heavy atom. The lowest BCUT2D eigenvalue weighted by Crippen LogP contribution is -2.22. The van der Waals surface area contributed by atoms with Crippen LogP contribution in [0.5, 0.6) is 0 Å². The summed E-state index contributed by atoms with van der Waals surface area (Å²) < 4.78 is 9.64. The zero-order valence-corrected chi connectivity index (χ0v) is 17.2. The summed E-state index contributed by atoms with van der Waals surface area (Å²) in [4.78, 5) is 34.3. The molecule has 0 spiro atoms. The van der Waals surface area contributed by atoms with Gasteiger partial charge in [0.25, 0.3) is 0 Å². The second kappa shape index (κ2) is 13.1. The summed E-state index contributed by atoms with van der Waals surface area (Å²) in [6.45, 7) is 13.4. The van der Waals surface area contributed by atoms with Gasteiger partial charge < -0.3 is 14.6 Å². The molecule has 0 saturated carbocycles. The van der Waals surface area contributed by atoms with Crippen molar-refractivity contribution in [2.24, 2.45) is 23.7 Å². The molecule has 1 N–H and O–H groups in total. The highest BCUT2D eigenvalue weighted by atomic mass is 16.6. The molecule has 27 heavy (non-hydrogen) atoms. The first-order valence-electron chi connectivity index (χ1n) is 9.42. The van der Waals surface area contributed by atoms with Gasteiger partial charge in [0.15, 0.2) is 0 Å². The third kappa shape index (κ3) is 12.0. The standard InChI is InChI=1S/C21H34O6/c1-7-19(22)26-8-9-27-20(23)13-18(21(24)25)17(6)12-16(5)11-15(4)10-14(2)3/h7,12,14-16,18H,1,8-11,13H2,2-6H3,(H,24,25)/b17-12+. The van der Waals surface area contributed by atoms with Gasteiger partial charge in [-0.2, -0.15) is 0 Å². The zero-order chi connectivity index (χ0) is 21.0. The van der Waals surface area contributed by atoms with E-state index in [0.717, 1.165) is 18.9 Å². The van der Waals surface area contributed by atoms with E-state index in [2.05, 4.69) is 34.3 Å². The minimum atomic E-state index is -1.05. The highest BCUT2D eigenvalue weighted by Crippen LogP contribution is 2.24. The normalized spacial score (nSPS) is 15.0. The van der Waals surface area contributed by atoms with Crippen LogP contribution in [0.25, 0.3) is 0 Å². The summed E-state index contributed by atoms with van der Waals surface area (Å²) in [7, 11) is 0. The summed E-state index contributed by atoms with van der Waals surface area (Å²) in [6.07, 6.45) is 4.80. The van der Waals surface area contributed by atoms with E-state index in [1.807, 2.05) is 6.08 Å². The van der Waals surface area contributed by atoms with Crippen molar-refractivity contribution in [1.29, 1.82) is 0 Å². The molecule has 0 fully saturated rings. The summed E-state index contributed by atoms with van der Waals surface area (Å²) >= 11 is 0. The second-order valence-corrected chi connectivity index (χ2v) is 7.55. The fourth-order valence-electron chi connectivity index (χ4n) is 3.19. The Morgan fingerprint density at radius 3 is 2.15 bits per heavy atom. The molecule has 6 nitrogen and oxygen atoms in total. The molecule has 0 aliphatic carbocycles. The molecule has 0 amide bonds. The molecule has 6 heteroatoms. The maximum atomic E-state index is 11.9. The van der Waals surface area contributed by atoms with E-state index >= 15 is 0 Å². The summed E-state index contributed by atoms with van der Waals surface area (Å²) in [5, 5.41) is 9.45. The molecule has 3 unspecified atom stereocenters. The predicted molar refractivity (Wildman–Crippen MR) is 104 cm³/mol. The first kappa shape index (κ1) is 24.9. The smallest absolute Gasteiger partial charge is 0.330 e. The van der Waals surface area contributed by atoms with Crippen molar-refractivity contribution in [3.8, 4) is 0 Å². The lowest BCUT2D eigenvalue weighted by atomic mass is 9.87. The summed E-state index contributed by atoms with van der Waals surface area (Å²) in [6, 6.07) is 0. The number of carbonyl (C=O) groups is 3. The number of aliphatic carboxylic acids is 1. The van der Waals surface area contributed by atoms with E-state index in [0.29, 0.717) is 17.4 Å². The minimum Gasteiger partial charge on any atom is -0.481 e. The molecule has 0 aromatic carbocycles. The average Bonchev–Trinajstić information content (AvgIpc) is 2.54. The molecular weight excluding hydrogens is 348 g/mol.